The molecule has 1 aliphatic heterocycles. The van der Waals surface area contributed by atoms with Gasteiger partial charge in [-0.3, -0.25) is 4.79 Å². The van der Waals surface area contributed by atoms with Crippen LogP contribution in [0.1, 0.15) is 52.5 Å². The largest absolute Gasteiger partial charge is 0.321 e. The summed E-state index contributed by atoms with van der Waals surface area (Å²) in [5.41, 5.74) is 6.22. The summed E-state index contributed by atoms with van der Waals surface area (Å²) >= 11 is 0. The zero-order valence-electron chi connectivity index (χ0n) is 16.2. The number of hydrogen-bond donors (Lipinski definition) is 2. The van der Waals surface area contributed by atoms with Gasteiger partial charge in [-0.15, -0.1) is 0 Å². The molecule has 2 aromatic rings. The van der Waals surface area contributed by atoms with Gasteiger partial charge >= 0.3 is 0 Å². The smallest absolute Gasteiger partial charge is 0.256 e. The summed E-state index contributed by atoms with van der Waals surface area (Å²) in [6, 6.07) is 12.3. The third-order valence-corrected chi connectivity index (χ3v) is 5.25. The van der Waals surface area contributed by atoms with E-state index in [2.05, 4.69) is 61.4 Å². The second kappa shape index (κ2) is 8.02. The van der Waals surface area contributed by atoms with Crippen molar-refractivity contribution >= 4 is 11.6 Å². The van der Waals surface area contributed by atoms with Crippen LogP contribution < -0.4 is 10.6 Å². The van der Waals surface area contributed by atoms with Crippen molar-refractivity contribution in [2.45, 2.75) is 33.7 Å². The first-order valence-corrected chi connectivity index (χ1v) is 9.52. The minimum atomic E-state index is -0.0261. The van der Waals surface area contributed by atoms with Crippen LogP contribution in [0.25, 0.3) is 0 Å². The molecule has 0 aromatic heterocycles. The normalized spacial score (nSPS) is 16.0. The standard InChI is InChI=1S/C22H29N3O/c1-5-25(6-2)12-11-23-21-17-9-7-8-10-18(17)22(26)24-20-16(4)13-15(3)14-19(20)21/h7-10,13-14,21,23H,5-6,11-12H2,1-4H3,(H,24,26). The van der Waals surface area contributed by atoms with E-state index in [0.29, 0.717) is 0 Å². The first-order valence-electron chi connectivity index (χ1n) is 9.52. The maximum absolute atomic E-state index is 12.8. The number of hydrogen-bond acceptors (Lipinski definition) is 3. The molecule has 0 saturated heterocycles. The Morgan fingerprint density at radius 2 is 1.81 bits per heavy atom. The molecule has 1 unspecified atom stereocenters. The van der Waals surface area contributed by atoms with Crippen LogP contribution >= 0.6 is 0 Å². The van der Waals surface area contributed by atoms with E-state index in [1.807, 2.05) is 18.2 Å². The van der Waals surface area contributed by atoms with Gasteiger partial charge < -0.3 is 15.5 Å². The van der Waals surface area contributed by atoms with Gasteiger partial charge in [0.1, 0.15) is 0 Å². The van der Waals surface area contributed by atoms with Crippen LogP contribution in [-0.4, -0.2) is 37.0 Å². The zero-order valence-corrected chi connectivity index (χ0v) is 16.2. The number of amides is 1. The second-order valence-corrected chi connectivity index (χ2v) is 7.00. The van der Waals surface area contributed by atoms with Crippen molar-refractivity contribution in [2.24, 2.45) is 0 Å². The van der Waals surface area contributed by atoms with Crippen LogP contribution in [0.2, 0.25) is 0 Å². The highest BCUT2D eigenvalue weighted by molar-refractivity contribution is 6.07. The van der Waals surface area contributed by atoms with E-state index in [1.54, 1.807) is 0 Å². The van der Waals surface area contributed by atoms with Crippen LogP contribution in [0.3, 0.4) is 0 Å². The van der Waals surface area contributed by atoms with Crippen LogP contribution in [-0.2, 0) is 0 Å². The number of nitrogens with one attached hydrogen (secondary N) is 2. The number of rotatable bonds is 6. The molecule has 4 heteroatoms. The van der Waals surface area contributed by atoms with Crippen LogP contribution in [0.15, 0.2) is 36.4 Å². The molecule has 4 nitrogen and oxygen atoms in total. The lowest BCUT2D eigenvalue weighted by Gasteiger charge is -2.24. The first-order chi connectivity index (χ1) is 12.5. The predicted octanol–water partition coefficient (Wildman–Crippen LogP) is 3.89. The minimum absolute atomic E-state index is 0.00862. The molecule has 0 radical (unpaired) electrons. The highest BCUT2D eigenvalue weighted by Gasteiger charge is 2.28. The van der Waals surface area contributed by atoms with Crippen molar-refractivity contribution in [3.8, 4) is 0 Å². The summed E-state index contributed by atoms with van der Waals surface area (Å²) in [4.78, 5) is 15.2. The Balaban J connectivity index is 2.01. The van der Waals surface area contributed by atoms with E-state index < -0.39 is 0 Å². The molecule has 1 atom stereocenters. The number of carbonyl (C=O) groups excluding carboxylic acids is 1. The molecular formula is C22H29N3O. The maximum atomic E-state index is 12.8. The highest BCUT2D eigenvalue weighted by atomic mass is 16.1. The first kappa shape index (κ1) is 18.6. The van der Waals surface area contributed by atoms with Crippen molar-refractivity contribution in [1.82, 2.24) is 10.2 Å². The van der Waals surface area contributed by atoms with Gasteiger partial charge in [-0.05, 0) is 49.7 Å². The van der Waals surface area contributed by atoms with Gasteiger partial charge in [-0.1, -0.05) is 49.7 Å². The Kier molecular flexibility index (Phi) is 5.74. The summed E-state index contributed by atoms with van der Waals surface area (Å²) in [7, 11) is 0. The van der Waals surface area contributed by atoms with E-state index in [-0.39, 0.29) is 11.9 Å². The Hall–Kier alpha value is -2.17. The van der Waals surface area contributed by atoms with Crippen molar-refractivity contribution in [1.29, 1.82) is 0 Å². The van der Waals surface area contributed by atoms with E-state index in [9.17, 15) is 4.79 Å². The van der Waals surface area contributed by atoms with Gasteiger partial charge in [0.05, 0.1) is 6.04 Å². The fourth-order valence-corrected chi connectivity index (χ4v) is 3.83. The molecule has 2 aromatic carbocycles. The summed E-state index contributed by atoms with van der Waals surface area (Å²) in [5.74, 6) is -0.0261. The lowest BCUT2D eigenvalue weighted by atomic mass is 9.92. The van der Waals surface area contributed by atoms with Crippen molar-refractivity contribution in [3.63, 3.8) is 0 Å². The molecule has 2 N–H and O–H groups in total. The second-order valence-electron chi connectivity index (χ2n) is 7.00. The molecule has 1 heterocycles. The summed E-state index contributed by atoms with van der Waals surface area (Å²) in [6.45, 7) is 12.5. The van der Waals surface area contributed by atoms with Gasteiger partial charge in [-0.2, -0.15) is 0 Å². The van der Waals surface area contributed by atoms with E-state index in [0.717, 1.165) is 54.1 Å². The van der Waals surface area contributed by atoms with Crippen molar-refractivity contribution < 1.29 is 4.79 Å². The Labute approximate surface area is 156 Å². The van der Waals surface area contributed by atoms with Crippen LogP contribution in [0.5, 0.6) is 0 Å². The Bertz CT molecular complexity index is 796. The minimum Gasteiger partial charge on any atom is -0.321 e. The monoisotopic (exact) mass is 351 g/mol. The summed E-state index contributed by atoms with van der Waals surface area (Å²) in [6.07, 6.45) is 0. The molecule has 0 fully saturated rings. The molecule has 1 aliphatic rings. The number of nitrogens with zero attached hydrogens (tertiary/aromatic N) is 1. The summed E-state index contributed by atoms with van der Waals surface area (Å²) in [5, 5.41) is 6.85. The predicted molar refractivity (Wildman–Crippen MR) is 108 cm³/mol. The van der Waals surface area contributed by atoms with Crippen LogP contribution in [0, 0.1) is 13.8 Å². The number of anilines is 1. The summed E-state index contributed by atoms with van der Waals surface area (Å²) < 4.78 is 0. The maximum Gasteiger partial charge on any atom is 0.256 e. The molecular weight excluding hydrogens is 322 g/mol. The van der Waals surface area contributed by atoms with Gasteiger partial charge in [0, 0.05) is 24.3 Å². The number of carbonyl (C=O) groups is 1. The molecule has 0 spiro atoms. The molecule has 0 aliphatic carbocycles. The SMILES string of the molecule is CCN(CC)CCNC1c2ccccc2C(=O)Nc2c(C)cc(C)cc21. The van der Waals surface area contributed by atoms with Gasteiger partial charge in [0.15, 0.2) is 0 Å². The van der Waals surface area contributed by atoms with Crippen molar-refractivity contribution in [2.75, 3.05) is 31.5 Å². The number of likely N-dealkylation sites (N-methyl/N-ethyl adjacent to an activating group) is 1. The average molecular weight is 351 g/mol. The zero-order chi connectivity index (χ0) is 18.7. The molecule has 3 rings (SSSR count). The number of fused-ring (bicyclic) bond motifs is 2. The third kappa shape index (κ3) is 3.67. The van der Waals surface area contributed by atoms with Crippen LogP contribution in [0.4, 0.5) is 5.69 Å². The quantitative estimate of drug-likeness (QED) is 0.830. The molecule has 0 saturated carbocycles. The fraction of sp³-hybridized carbons (Fsp3) is 0.409. The molecule has 0 bridgehead atoms. The molecule has 26 heavy (non-hydrogen) atoms. The number of benzene rings is 2. The van der Waals surface area contributed by atoms with E-state index in [1.165, 1.54) is 5.56 Å². The third-order valence-electron chi connectivity index (χ3n) is 5.25. The van der Waals surface area contributed by atoms with Crippen molar-refractivity contribution in [3.05, 3.63) is 64.2 Å². The van der Waals surface area contributed by atoms with E-state index >= 15 is 0 Å². The number of aryl methyl sites for hydroxylation is 2. The Morgan fingerprint density at radius 3 is 2.54 bits per heavy atom. The molecule has 138 valence electrons. The van der Waals surface area contributed by atoms with Gasteiger partial charge in [0.25, 0.3) is 5.91 Å². The fourth-order valence-electron chi connectivity index (χ4n) is 3.83. The van der Waals surface area contributed by atoms with E-state index in [4.69, 9.17) is 0 Å². The van der Waals surface area contributed by atoms with Gasteiger partial charge in [-0.25, -0.2) is 0 Å². The molecule has 1 amide bonds. The van der Waals surface area contributed by atoms with Gasteiger partial charge in [0.2, 0.25) is 0 Å². The average Bonchev–Trinajstić information content (AvgIpc) is 2.75. The lowest BCUT2D eigenvalue weighted by Crippen LogP contribution is -2.34. The lowest BCUT2D eigenvalue weighted by molar-refractivity contribution is 0.102. The highest BCUT2D eigenvalue weighted by Crippen LogP contribution is 2.36. The topological polar surface area (TPSA) is 44.4 Å². The Morgan fingerprint density at radius 1 is 1.08 bits per heavy atom.